The summed E-state index contributed by atoms with van der Waals surface area (Å²) in [6.45, 7) is 0. The molecular weight excluding hydrogens is 306 g/mol. The normalized spacial score (nSPS) is 22.7. The average Bonchev–Trinajstić information content (AvgIpc) is 2.53. The third-order valence-electron chi connectivity index (χ3n) is 4.50. The van der Waals surface area contributed by atoms with Crippen LogP contribution < -0.4 is 0 Å². The van der Waals surface area contributed by atoms with Crippen molar-refractivity contribution in [1.82, 2.24) is 0 Å². The Balaban J connectivity index is 1.79. The van der Waals surface area contributed by atoms with Crippen LogP contribution in [0.2, 0.25) is 0 Å². The van der Waals surface area contributed by atoms with Crippen molar-refractivity contribution in [3.8, 4) is 6.07 Å². The Morgan fingerprint density at radius 2 is 1.74 bits per heavy atom. The first-order valence-electron chi connectivity index (χ1n) is 7.82. The van der Waals surface area contributed by atoms with E-state index in [0.717, 1.165) is 56.2 Å². The number of allylic oxidation sites excluding steroid dienone is 2. The van der Waals surface area contributed by atoms with Crippen LogP contribution in [0.5, 0.6) is 0 Å². The van der Waals surface area contributed by atoms with Crippen molar-refractivity contribution < 1.29 is 17.6 Å². The summed E-state index contributed by atoms with van der Waals surface area (Å²) in [6, 6.07) is 6.84. The molecule has 0 atom stereocenters. The first-order chi connectivity index (χ1) is 10.9. The Morgan fingerprint density at radius 1 is 1.13 bits per heavy atom. The van der Waals surface area contributed by atoms with Gasteiger partial charge in [0.15, 0.2) is 5.83 Å². The average molecular weight is 325 g/mol. The maximum atomic E-state index is 12.9. The van der Waals surface area contributed by atoms with Gasteiger partial charge in [-0.25, -0.2) is 0 Å². The van der Waals surface area contributed by atoms with Crippen LogP contribution in [-0.2, 0) is 12.6 Å². The van der Waals surface area contributed by atoms with Gasteiger partial charge in [-0.05, 0) is 74.1 Å². The first kappa shape index (κ1) is 17.5. The fraction of sp³-hybridized carbons (Fsp3) is 0.500. The SMILES string of the molecule is N#CC(F)=CC1CCC(CCc2ccc(C(F)(F)F)cc2)CC1. The van der Waals surface area contributed by atoms with E-state index < -0.39 is 17.6 Å². The quantitative estimate of drug-likeness (QED) is 0.505. The summed E-state index contributed by atoms with van der Waals surface area (Å²) in [4.78, 5) is 0. The highest BCUT2D eigenvalue weighted by molar-refractivity contribution is 5.24. The van der Waals surface area contributed by atoms with Crippen molar-refractivity contribution >= 4 is 0 Å². The molecule has 23 heavy (non-hydrogen) atoms. The zero-order valence-corrected chi connectivity index (χ0v) is 12.7. The fourth-order valence-electron chi connectivity index (χ4n) is 3.12. The molecule has 1 aromatic carbocycles. The molecule has 1 nitrogen and oxygen atoms in total. The van der Waals surface area contributed by atoms with E-state index in [9.17, 15) is 17.6 Å². The molecule has 0 aliphatic heterocycles. The van der Waals surface area contributed by atoms with Crippen LogP contribution >= 0.6 is 0 Å². The van der Waals surface area contributed by atoms with Crippen molar-refractivity contribution in [2.45, 2.75) is 44.7 Å². The monoisotopic (exact) mass is 325 g/mol. The van der Waals surface area contributed by atoms with Gasteiger partial charge in [0.1, 0.15) is 6.07 Å². The number of nitrogens with zero attached hydrogens (tertiary/aromatic N) is 1. The van der Waals surface area contributed by atoms with Gasteiger partial charge in [0.05, 0.1) is 5.56 Å². The minimum Gasteiger partial charge on any atom is -0.195 e. The van der Waals surface area contributed by atoms with Crippen LogP contribution in [0.25, 0.3) is 0 Å². The summed E-state index contributed by atoms with van der Waals surface area (Å²) in [7, 11) is 0. The summed E-state index contributed by atoms with van der Waals surface area (Å²) >= 11 is 0. The summed E-state index contributed by atoms with van der Waals surface area (Å²) in [5, 5.41) is 8.43. The molecule has 0 N–H and O–H groups in total. The highest BCUT2D eigenvalue weighted by Crippen LogP contribution is 2.33. The Kier molecular flexibility index (Phi) is 5.81. The van der Waals surface area contributed by atoms with E-state index in [-0.39, 0.29) is 5.92 Å². The molecule has 0 unspecified atom stereocenters. The summed E-state index contributed by atoms with van der Waals surface area (Å²) in [5.74, 6) is -0.0535. The van der Waals surface area contributed by atoms with Crippen LogP contribution in [-0.4, -0.2) is 0 Å². The summed E-state index contributed by atoms with van der Waals surface area (Å²) in [5.41, 5.74) is 0.295. The Labute approximate surface area is 133 Å². The number of halogens is 4. The van der Waals surface area contributed by atoms with Crippen molar-refractivity contribution in [3.05, 3.63) is 47.3 Å². The van der Waals surface area contributed by atoms with Crippen LogP contribution in [0, 0.1) is 23.2 Å². The van der Waals surface area contributed by atoms with Crippen molar-refractivity contribution in [1.29, 1.82) is 5.26 Å². The largest absolute Gasteiger partial charge is 0.416 e. The fourth-order valence-corrected chi connectivity index (χ4v) is 3.12. The predicted octanol–water partition coefficient (Wildman–Crippen LogP) is 5.82. The minimum atomic E-state index is -4.29. The van der Waals surface area contributed by atoms with Gasteiger partial charge in [0, 0.05) is 0 Å². The second-order valence-corrected chi connectivity index (χ2v) is 6.14. The lowest BCUT2D eigenvalue weighted by Crippen LogP contribution is -2.14. The molecule has 1 fully saturated rings. The standard InChI is InChI=1S/C18H19F4N/c19-17(12-23)11-15-5-3-13(4-6-15)1-2-14-7-9-16(10-8-14)18(20,21)22/h7-11,13,15H,1-6H2. The van der Waals surface area contributed by atoms with Gasteiger partial charge >= 0.3 is 6.18 Å². The van der Waals surface area contributed by atoms with Crippen LogP contribution in [0.3, 0.4) is 0 Å². The molecule has 0 aromatic heterocycles. The molecule has 5 heteroatoms. The topological polar surface area (TPSA) is 23.8 Å². The Bertz CT molecular complexity index is 573. The number of hydrogen-bond acceptors (Lipinski definition) is 1. The van der Waals surface area contributed by atoms with Gasteiger partial charge in [0.25, 0.3) is 0 Å². The number of benzene rings is 1. The molecule has 0 radical (unpaired) electrons. The first-order valence-corrected chi connectivity index (χ1v) is 7.82. The molecule has 1 aliphatic rings. The molecule has 0 bridgehead atoms. The number of hydrogen-bond donors (Lipinski definition) is 0. The van der Waals surface area contributed by atoms with E-state index >= 15 is 0 Å². The molecule has 2 rings (SSSR count). The van der Waals surface area contributed by atoms with Gasteiger partial charge in [-0.3, -0.25) is 0 Å². The van der Waals surface area contributed by atoms with Gasteiger partial charge in [-0.2, -0.15) is 22.8 Å². The zero-order valence-electron chi connectivity index (χ0n) is 12.7. The number of nitriles is 1. The molecule has 0 heterocycles. The summed E-state index contributed by atoms with van der Waals surface area (Å²) < 4.78 is 50.4. The minimum absolute atomic E-state index is 0.136. The highest BCUT2D eigenvalue weighted by Gasteiger charge is 2.30. The van der Waals surface area contributed by atoms with Crippen LogP contribution in [0.15, 0.2) is 36.2 Å². The van der Waals surface area contributed by atoms with Crippen molar-refractivity contribution in [3.63, 3.8) is 0 Å². The molecule has 1 aliphatic carbocycles. The van der Waals surface area contributed by atoms with Gasteiger partial charge in [0.2, 0.25) is 0 Å². The number of aryl methyl sites for hydroxylation is 1. The van der Waals surface area contributed by atoms with Gasteiger partial charge in [-0.15, -0.1) is 0 Å². The second-order valence-electron chi connectivity index (χ2n) is 6.14. The number of rotatable bonds is 4. The lowest BCUT2D eigenvalue weighted by molar-refractivity contribution is -0.137. The second kappa shape index (κ2) is 7.63. The number of alkyl halides is 3. The molecule has 0 spiro atoms. The maximum Gasteiger partial charge on any atom is 0.416 e. The lowest BCUT2D eigenvalue weighted by atomic mass is 9.79. The highest BCUT2D eigenvalue weighted by atomic mass is 19.4. The molecule has 0 amide bonds. The van der Waals surface area contributed by atoms with Crippen LogP contribution in [0.4, 0.5) is 17.6 Å². The van der Waals surface area contributed by atoms with Gasteiger partial charge < -0.3 is 0 Å². The molecule has 0 saturated heterocycles. The van der Waals surface area contributed by atoms with Crippen molar-refractivity contribution in [2.75, 3.05) is 0 Å². The molecule has 1 aromatic rings. The molecule has 1 saturated carbocycles. The van der Waals surface area contributed by atoms with E-state index in [2.05, 4.69) is 0 Å². The van der Waals surface area contributed by atoms with Gasteiger partial charge in [-0.1, -0.05) is 12.1 Å². The Morgan fingerprint density at radius 3 is 2.26 bits per heavy atom. The maximum absolute atomic E-state index is 12.9. The molecular formula is C18H19F4N. The van der Waals surface area contributed by atoms with Crippen molar-refractivity contribution in [2.24, 2.45) is 11.8 Å². The summed E-state index contributed by atoms with van der Waals surface area (Å²) in [6.07, 6.45) is 2.49. The Hall–Kier alpha value is -1.83. The van der Waals surface area contributed by atoms with E-state index in [1.807, 2.05) is 0 Å². The third-order valence-corrected chi connectivity index (χ3v) is 4.50. The van der Waals surface area contributed by atoms with E-state index in [4.69, 9.17) is 5.26 Å². The van der Waals surface area contributed by atoms with E-state index in [1.54, 1.807) is 12.1 Å². The molecule has 124 valence electrons. The zero-order chi connectivity index (χ0) is 16.9. The van der Waals surface area contributed by atoms with Crippen LogP contribution in [0.1, 0.15) is 43.2 Å². The van der Waals surface area contributed by atoms with E-state index in [0.29, 0.717) is 5.92 Å². The third kappa shape index (κ3) is 5.38. The lowest BCUT2D eigenvalue weighted by Gasteiger charge is -2.26. The smallest absolute Gasteiger partial charge is 0.195 e. The predicted molar refractivity (Wildman–Crippen MR) is 80.0 cm³/mol. The van der Waals surface area contributed by atoms with E-state index in [1.165, 1.54) is 12.1 Å².